The Kier molecular flexibility index (Phi) is 7.07. The zero-order chi connectivity index (χ0) is 22.4. The maximum Gasteiger partial charge on any atom is 0.260 e. The zero-order valence-corrected chi connectivity index (χ0v) is 18.3. The molecule has 1 aromatic heterocycles. The molecule has 0 bridgehead atoms. The van der Waals surface area contributed by atoms with E-state index in [-0.39, 0.29) is 18.2 Å². The lowest BCUT2D eigenvalue weighted by Crippen LogP contribution is -2.30. The minimum atomic E-state index is -0.285. The highest BCUT2D eigenvalue weighted by molar-refractivity contribution is 6.04. The van der Waals surface area contributed by atoms with Crippen molar-refractivity contribution in [2.24, 2.45) is 0 Å². The maximum absolute atomic E-state index is 12.4. The number of hydrogen-bond donors (Lipinski definition) is 2. The van der Waals surface area contributed by atoms with Gasteiger partial charge in [-0.05, 0) is 69.7 Å². The van der Waals surface area contributed by atoms with Gasteiger partial charge in [-0.2, -0.15) is 0 Å². The van der Waals surface area contributed by atoms with Crippen LogP contribution in [0.25, 0.3) is 0 Å². The van der Waals surface area contributed by atoms with Crippen LogP contribution in [-0.4, -0.2) is 29.6 Å². The molecule has 0 fully saturated rings. The molecular formula is C24H28N4O3. The maximum atomic E-state index is 12.4. The first-order valence-corrected chi connectivity index (χ1v) is 10.4. The van der Waals surface area contributed by atoms with Crippen LogP contribution in [0.5, 0.6) is 0 Å². The van der Waals surface area contributed by atoms with Crippen molar-refractivity contribution in [1.29, 1.82) is 0 Å². The Balaban J connectivity index is 1.55. The SMILES string of the molecule is CCN(c1ccc(NC(=O)Cc2ccc(NC(=O)c3cnoc3C)cc2)cc1)C(C)C. The van der Waals surface area contributed by atoms with Gasteiger partial charge in [0, 0.05) is 29.6 Å². The number of aryl methyl sites for hydroxylation is 1. The van der Waals surface area contributed by atoms with Crippen LogP contribution in [0.1, 0.15) is 42.5 Å². The highest BCUT2D eigenvalue weighted by atomic mass is 16.5. The molecule has 0 atom stereocenters. The monoisotopic (exact) mass is 420 g/mol. The summed E-state index contributed by atoms with van der Waals surface area (Å²) in [4.78, 5) is 26.9. The molecule has 0 saturated carbocycles. The lowest BCUT2D eigenvalue weighted by Gasteiger charge is -2.27. The van der Waals surface area contributed by atoms with Crippen molar-refractivity contribution in [3.8, 4) is 0 Å². The fourth-order valence-corrected chi connectivity index (χ4v) is 3.39. The number of benzene rings is 2. The number of aromatic nitrogens is 1. The van der Waals surface area contributed by atoms with Crippen molar-refractivity contribution in [3.63, 3.8) is 0 Å². The molecule has 2 N–H and O–H groups in total. The Bertz CT molecular complexity index is 1020. The third kappa shape index (κ3) is 5.72. The van der Waals surface area contributed by atoms with Gasteiger partial charge in [0.2, 0.25) is 5.91 Å². The van der Waals surface area contributed by atoms with E-state index < -0.39 is 0 Å². The predicted octanol–water partition coefficient (Wildman–Crippen LogP) is 4.65. The minimum Gasteiger partial charge on any atom is -0.369 e. The summed E-state index contributed by atoms with van der Waals surface area (Å²) in [5.41, 5.74) is 3.78. The van der Waals surface area contributed by atoms with Gasteiger partial charge in [0.05, 0.1) is 12.6 Å². The first kappa shape index (κ1) is 22.1. The van der Waals surface area contributed by atoms with Crippen LogP contribution >= 0.6 is 0 Å². The van der Waals surface area contributed by atoms with Crippen LogP contribution in [0.2, 0.25) is 0 Å². The van der Waals surface area contributed by atoms with Gasteiger partial charge in [0.15, 0.2) is 0 Å². The van der Waals surface area contributed by atoms with E-state index in [1.165, 1.54) is 6.20 Å². The summed E-state index contributed by atoms with van der Waals surface area (Å²) < 4.78 is 4.91. The average Bonchev–Trinajstić information content (AvgIpc) is 3.17. The van der Waals surface area contributed by atoms with E-state index in [2.05, 4.69) is 41.5 Å². The van der Waals surface area contributed by atoms with E-state index in [9.17, 15) is 9.59 Å². The summed E-state index contributed by atoms with van der Waals surface area (Å²) in [7, 11) is 0. The van der Waals surface area contributed by atoms with Crippen LogP contribution in [0.15, 0.2) is 59.3 Å². The van der Waals surface area contributed by atoms with Crippen molar-refractivity contribution in [3.05, 3.63) is 71.6 Å². The summed E-state index contributed by atoms with van der Waals surface area (Å²) in [5.74, 6) is 0.0815. The van der Waals surface area contributed by atoms with Gasteiger partial charge in [-0.25, -0.2) is 0 Å². The van der Waals surface area contributed by atoms with Crippen molar-refractivity contribution >= 4 is 28.9 Å². The fourth-order valence-electron chi connectivity index (χ4n) is 3.39. The molecule has 3 rings (SSSR count). The predicted molar refractivity (Wildman–Crippen MR) is 123 cm³/mol. The Labute approximate surface area is 182 Å². The second-order valence-corrected chi connectivity index (χ2v) is 7.60. The lowest BCUT2D eigenvalue weighted by atomic mass is 10.1. The summed E-state index contributed by atoms with van der Waals surface area (Å²) in [6.45, 7) is 9.05. The molecule has 0 saturated heterocycles. The quantitative estimate of drug-likeness (QED) is 0.554. The first-order chi connectivity index (χ1) is 14.9. The minimum absolute atomic E-state index is 0.0964. The number of anilines is 3. The Morgan fingerprint density at radius 1 is 1.00 bits per heavy atom. The summed E-state index contributed by atoms with van der Waals surface area (Å²) >= 11 is 0. The molecule has 3 aromatic rings. The molecule has 1 heterocycles. The van der Waals surface area contributed by atoms with E-state index in [0.29, 0.717) is 23.1 Å². The molecule has 0 aliphatic carbocycles. The normalized spacial score (nSPS) is 10.7. The van der Waals surface area contributed by atoms with Gasteiger partial charge in [-0.1, -0.05) is 17.3 Å². The van der Waals surface area contributed by atoms with E-state index in [1.54, 1.807) is 19.1 Å². The van der Waals surface area contributed by atoms with Gasteiger partial charge in [0.25, 0.3) is 5.91 Å². The van der Waals surface area contributed by atoms with E-state index in [1.807, 2.05) is 36.4 Å². The Hall–Kier alpha value is -3.61. The van der Waals surface area contributed by atoms with Crippen molar-refractivity contribution in [1.82, 2.24) is 5.16 Å². The smallest absolute Gasteiger partial charge is 0.260 e. The second-order valence-electron chi connectivity index (χ2n) is 7.60. The molecule has 7 heteroatoms. The van der Waals surface area contributed by atoms with Crippen LogP contribution in [0.4, 0.5) is 17.1 Å². The molecule has 0 spiro atoms. The van der Waals surface area contributed by atoms with Gasteiger partial charge in [-0.15, -0.1) is 0 Å². The molecule has 162 valence electrons. The highest BCUT2D eigenvalue weighted by Gasteiger charge is 2.13. The van der Waals surface area contributed by atoms with Gasteiger partial charge in [0.1, 0.15) is 11.3 Å². The van der Waals surface area contributed by atoms with Crippen LogP contribution < -0.4 is 15.5 Å². The molecule has 2 aromatic carbocycles. The van der Waals surface area contributed by atoms with Gasteiger partial charge >= 0.3 is 0 Å². The number of amides is 2. The summed E-state index contributed by atoms with van der Waals surface area (Å²) in [6, 6.07) is 15.5. The van der Waals surface area contributed by atoms with Gasteiger partial charge in [-0.3, -0.25) is 9.59 Å². The van der Waals surface area contributed by atoms with Crippen LogP contribution in [0, 0.1) is 6.92 Å². The average molecular weight is 421 g/mol. The summed E-state index contributed by atoms with van der Waals surface area (Å²) in [6.07, 6.45) is 1.63. The molecule has 0 radical (unpaired) electrons. The van der Waals surface area contributed by atoms with E-state index in [0.717, 1.165) is 23.5 Å². The number of nitrogens with zero attached hydrogens (tertiary/aromatic N) is 2. The van der Waals surface area contributed by atoms with Crippen molar-refractivity contribution in [2.75, 3.05) is 22.1 Å². The largest absolute Gasteiger partial charge is 0.369 e. The number of carbonyl (C=O) groups excluding carboxylic acids is 2. The second kappa shape index (κ2) is 9.93. The number of carbonyl (C=O) groups is 2. The number of nitrogens with one attached hydrogen (secondary N) is 2. The number of rotatable bonds is 8. The fraction of sp³-hybridized carbons (Fsp3) is 0.292. The highest BCUT2D eigenvalue weighted by Crippen LogP contribution is 2.20. The lowest BCUT2D eigenvalue weighted by molar-refractivity contribution is -0.115. The Morgan fingerprint density at radius 2 is 1.61 bits per heavy atom. The van der Waals surface area contributed by atoms with Gasteiger partial charge < -0.3 is 20.1 Å². The van der Waals surface area contributed by atoms with Crippen LogP contribution in [0.3, 0.4) is 0 Å². The van der Waals surface area contributed by atoms with E-state index >= 15 is 0 Å². The molecule has 7 nitrogen and oxygen atoms in total. The molecule has 2 amide bonds. The molecule has 0 aliphatic rings. The molecule has 31 heavy (non-hydrogen) atoms. The molecular weight excluding hydrogens is 392 g/mol. The first-order valence-electron chi connectivity index (χ1n) is 10.4. The summed E-state index contributed by atoms with van der Waals surface area (Å²) in [5, 5.41) is 9.33. The zero-order valence-electron chi connectivity index (χ0n) is 18.3. The van der Waals surface area contributed by atoms with Crippen molar-refractivity contribution in [2.45, 2.75) is 40.2 Å². The van der Waals surface area contributed by atoms with Crippen molar-refractivity contribution < 1.29 is 14.1 Å². The van der Waals surface area contributed by atoms with Crippen LogP contribution in [-0.2, 0) is 11.2 Å². The standard InChI is InChI=1S/C24H28N4O3/c1-5-28(16(2)3)21-12-10-19(11-13-21)26-23(29)14-18-6-8-20(9-7-18)27-24(30)22-15-25-31-17(22)4/h6-13,15-16H,5,14H2,1-4H3,(H,26,29)(H,27,30). The number of hydrogen-bond acceptors (Lipinski definition) is 5. The molecule has 0 unspecified atom stereocenters. The third-order valence-electron chi connectivity index (χ3n) is 5.02. The molecule has 0 aliphatic heterocycles. The Morgan fingerprint density at radius 3 is 2.16 bits per heavy atom. The van der Waals surface area contributed by atoms with E-state index in [4.69, 9.17) is 4.52 Å². The third-order valence-corrected chi connectivity index (χ3v) is 5.02. The topological polar surface area (TPSA) is 87.5 Å².